The Morgan fingerprint density at radius 1 is 0.424 bits per heavy atom. The SMILES string of the molecule is CCCCCCCCCCCCCCCC/C=C/CC/C=C/CC/C=C/C(O)C(CO)NC(=O)CC(O)CCCCCCCCCCCCCCCCCCCCCC. The normalized spacial score (nSPS) is 13.6. The Labute approximate surface area is 368 Å². The minimum Gasteiger partial charge on any atom is -0.394 e. The van der Waals surface area contributed by atoms with Gasteiger partial charge in [0.25, 0.3) is 0 Å². The number of aliphatic hydroxyl groups is 3. The molecule has 59 heavy (non-hydrogen) atoms. The van der Waals surface area contributed by atoms with Gasteiger partial charge >= 0.3 is 0 Å². The van der Waals surface area contributed by atoms with Crippen molar-refractivity contribution < 1.29 is 20.1 Å². The Morgan fingerprint density at radius 3 is 1.08 bits per heavy atom. The zero-order valence-electron chi connectivity index (χ0n) is 39.6. The van der Waals surface area contributed by atoms with Crippen molar-refractivity contribution in [1.29, 1.82) is 0 Å². The van der Waals surface area contributed by atoms with Gasteiger partial charge in [-0.15, -0.1) is 0 Å². The molecule has 0 aromatic rings. The van der Waals surface area contributed by atoms with E-state index in [-0.39, 0.29) is 18.9 Å². The second-order valence-electron chi connectivity index (χ2n) is 18.1. The van der Waals surface area contributed by atoms with Crippen LogP contribution in [0.3, 0.4) is 0 Å². The van der Waals surface area contributed by atoms with Gasteiger partial charge in [-0.3, -0.25) is 4.79 Å². The first kappa shape index (κ1) is 57.6. The third-order valence-electron chi connectivity index (χ3n) is 12.2. The molecule has 1 amide bonds. The van der Waals surface area contributed by atoms with Crippen LogP contribution in [0, 0.1) is 0 Å². The van der Waals surface area contributed by atoms with E-state index in [4.69, 9.17) is 0 Å². The highest BCUT2D eigenvalue weighted by Crippen LogP contribution is 2.17. The number of hydrogen-bond donors (Lipinski definition) is 4. The molecule has 0 aromatic carbocycles. The van der Waals surface area contributed by atoms with E-state index in [2.05, 4.69) is 43.5 Å². The molecule has 3 atom stereocenters. The number of allylic oxidation sites excluding steroid dienone is 5. The van der Waals surface area contributed by atoms with Gasteiger partial charge in [0.15, 0.2) is 0 Å². The standard InChI is InChI=1S/C54H103NO4/c1-3-5-7-9-11-13-15-17-19-21-23-25-26-27-28-30-32-34-36-38-40-42-44-46-48-53(58)52(50-56)55-54(59)49-51(57)47-45-43-41-39-37-35-33-31-29-24-22-20-18-16-14-12-10-8-6-4-2/h30,32,38,40,46,48,51-53,56-58H,3-29,31,33-37,39,41-45,47,49-50H2,1-2H3,(H,55,59)/b32-30+,40-38+,48-46+. The molecule has 0 rings (SSSR count). The highest BCUT2D eigenvalue weighted by atomic mass is 16.3. The third-order valence-corrected chi connectivity index (χ3v) is 12.2. The van der Waals surface area contributed by atoms with Gasteiger partial charge in [0.05, 0.1) is 31.3 Å². The molecule has 348 valence electrons. The van der Waals surface area contributed by atoms with E-state index in [1.807, 2.05) is 6.08 Å². The third kappa shape index (κ3) is 45.9. The van der Waals surface area contributed by atoms with Crippen LogP contribution in [0.1, 0.15) is 277 Å². The molecule has 3 unspecified atom stereocenters. The van der Waals surface area contributed by atoms with Crippen LogP contribution in [0.4, 0.5) is 0 Å². The number of carbonyl (C=O) groups is 1. The van der Waals surface area contributed by atoms with Crippen molar-refractivity contribution in [2.45, 2.75) is 295 Å². The van der Waals surface area contributed by atoms with Gasteiger partial charge in [-0.1, -0.05) is 262 Å². The van der Waals surface area contributed by atoms with Crippen LogP contribution in [0.15, 0.2) is 36.5 Å². The fourth-order valence-electron chi connectivity index (χ4n) is 8.14. The van der Waals surface area contributed by atoms with Crippen LogP contribution in [0.5, 0.6) is 0 Å². The van der Waals surface area contributed by atoms with Crippen LogP contribution in [-0.4, -0.2) is 46.1 Å². The first-order chi connectivity index (χ1) is 29.0. The van der Waals surface area contributed by atoms with Gasteiger partial charge in [-0.2, -0.15) is 0 Å². The average Bonchev–Trinajstić information content (AvgIpc) is 3.23. The monoisotopic (exact) mass is 830 g/mol. The summed E-state index contributed by atoms with van der Waals surface area (Å²) in [5.74, 6) is -0.325. The smallest absolute Gasteiger partial charge is 0.222 e. The second kappa shape index (κ2) is 49.2. The van der Waals surface area contributed by atoms with E-state index < -0.39 is 18.2 Å². The summed E-state index contributed by atoms with van der Waals surface area (Å²) >= 11 is 0. The van der Waals surface area contributed by atoms with Gasteiger partial charge in [-0.25, -0.2) is 0 Å². The van der Waals surface area contributed by atoms with Crippen molar-refractivity contribution in [1.82, 2.24) is 5.32 Å². The molecular weight excluding hydrogens is 727 g/mol. The predicted molar refractivity (Wildman–Crippen MR) is 259 cm³/mol. The maximum atomic E-state index is 12.5. The number of carbonyl (C=O) groups excluding carboxylic acids is 1. The first-order valence-electron chi connectivity index (χ1n) is 26.3. The zero-order valence-corrected chi connectivity index (χ0v) is 39.6. The number of rotatable bonds is 48. The van der Waals surface area contributed by atoms with Crippen LogP contribution in [0.25, 0.3) is 0 Å². The highest BCUT2D eigenvalue weighted by molar-refractivity contribution is 5.76. The van der Waals surface area contributed by atoms with Gasteiger partial charge in [0.1, 0.15) is 0 Å². The maximum absolute atomic E-state index is 12.5. The van der Waals surface area contributed by atoms with Gasteiger partial charge in [0.2, 0.25) is 5.91 Å². The number of hydrogen-bond acceptors (Lipinski definition) is 4. The van der Waals surface area contributed by atoms with E-state index in [0.29, 0.717) is 6.42 Å². The summed E-state index contributed by atoms with van der Waals surface area (Å²) in [6.45, 7) is 4.23. The maximum Gasteiger partial charge on any atom is 0.222 e. The lowest BCUT2D eigenvalue weighted by molar-refractivity contribution is -0.124. The largest absolute Gasteiger partial charge is 0.394 e. The fourth-order valence-corrected chi connectivity index (χ4v) is 8.14. The van der Waals surface area contributed by atoms with Crippen LogP contribution in [-0.2, 0) is 4.79 Å². The molecule has 0 saturated carbocycles. The molecule has 0 aliphatic rings. The molecule has 5 heteroatoms. The van der Waals surface area contributed by atoms with E-state index in [1.54, 1.807) is 6.08 Å². The Morgan fingerprint density at radius 2 is 0.729 bits per heavy atom. The lowest BCUT2D eigenvalue weighted by Crippen LogP contribution is -2.45. The van der Waals surface area contributed by atoms with Gasteiger partial charge < -0.3 is 20.6 Å². The van der Waals surface area contributed by atoms with E-state index in [9.17, 15) is 20.1 Å². The Balaban J connectivity index is 3.65. The lowest BCUT2D eigenvalue weighted by atomic mass is 10.0. The molecule has 4 N–H and O–H groups in total. The Hall–Kier alpha value is -1.43. The molecule has 0 bridgehead atoms. The number of aliphatic hydroxyl groups excluding tert-OH is 3. The van der Waals surface area contributed by atoms with Crippen molar-refractivity contribution in [3.63, 3.8) is 0 Å². The fraction of sp³-hybridized carbons (Fsp3) is 0.870. The molecule has 5 nitrogen and oxygen atoms in total. The minimum atomic E-state index is -0.959. The van der Waals surface area contributed by atoms with Gasteiger partial charge in [-0.05, 0) is 44.9 Å². The molecular formula is C54H103NO4. The molecule has 0 saturated heterocycles. The topological polar surface area (TPSA) is 89.8 Å². The van der Waals surface area contributed by atoms with Crippen molar-refractivity contribution >= 4 is 5.91 Å². The molecule has 0 radical (unpaired) electrons. The number of nitrogens with one attached hydrogen (secondary N) is 1. The quantitative estimate of drug-likeness (QED) is 0.0363. The predicted octanol–water partition coefficient (Wildman–Crippen LogP) is 15.9. The Kier molecular flexibility index (Phi) is 48.0. The van der Waals surface area contributed by atoms with Crippen molar-refractivity contribution in [2.75, 3.05) is 6.61 Å². The van der Waals surface area contributed by atoms with Crippen molar-refractivity contribution in [3.05, 3.63) is 36.5 Å². The first-order valence-corrected chi connectivity index (χ1v) is 26.3. The minimum absolute atomic E-state index is 0.00547. The van der Waals surface area contributed by atoms with E-state index >= 15 is 0 Å². The second-order valence-corrected chi connectivity index (χ2v) is 18.1. The summed E-state index contributed by atoms with van der Waals surface area (Å²) in [7, 11) is 0. The van der Waals surface area contributed by atoms with Crippen molar-refractivity contribution in [3.8, 4) is 0 Å². The summed E-state index contributed by atoms with van der Waals surface area (Å²) in [5.41, 5.74) is 0. The summed E-state index contributed by atoms with van der Waals surface area (Å²) in [6.07, 6.45) is 63.2. The van der Waals surface area contributed by atoms with Crippen LogP contribution < -0.4 is 5.32 Å². The zero-order chi connectivity index (χ0) is 43.0. The molecule has 0 aromatic heterocycles. The van der Waals surface area contributed by atoms with Crippen LogP contribution in [0.2, 0.25) is 0 Å². The van der Waals surface area contributed by atoms with E-state index in [1.165, 1.54) is 212 Å². The Bertz CT molecular complexity index is 916. The molecule has 0 heterocycles. The summed E-state index contributed by atoms with van der Waals surface area (Å²) < 4.78 is 0. The molecule has 0 aliphatic carbocycles. The average molecular weight is 830 g/mol. The highest BCUT2D eigenvalue weighted by Gasteiger charge is 2.20. The molecule has 0 fully saturated rings. The lowest BCUT2D eigenvalue weighted by Gasteiger charge is -2.21. The van der Waals surface area contributed by atoms with Crippen molar-refractivity contribution in [2.24, 2.45) is 0 Å². The summed E-state index contributed by atoms with van der Waals surface area (Å²) in [4.78, 5) is 12.5. The summed E-state index contributed by atoms with van der Waals surface area (Å²) in [5, 5.41) is 33.4. The number of amides is 1. The summed E-state index contributed by atoms with van der Waals surface area (Å²) in [6, 6.07) is -0.766. The van der Waals surface area contributed by atoms with Gasteiger partial charge in [0, 0.05) is 0 Å². The number of unbranched alkanes of at least 4 members (excludes halogenated alkanes) is 35. The molecule has 0 spiro atoms. The van der Waals surface area contributed by atoms with E-state index in [0.717, 1.165) is 38.5 Å². The molecule has 0 aliphatic heterocycles. The van der Waals surface area contributed by atoms with Crippen LogP contribution >= 0.6 is 0 Å².